The Labute approximate surface area is 95.0 Å². The second-order valence-corrected chi connectivity index (χ2v) is 3.48. The molecule has 1 N–H and O–H groups in total. The van der Waals surface area contributed by atoms with Gasteiger partial charge in [0.2, 0.25) is 0 Å². The second kappa shape index (κ2) is 5.31. The molecule has 0 fully saturated rings. The molecule has 2 heteroatoms. The van der Waals surface area contributed by atoms with Crippen molar-refractivity contribution in [2.75, 3.05) is 0 Å². The number of rotatable bonds is 3. The Balaban J connectivity index is 3.50. The summed E-state index contributed by atoms with van der Waals surface area (Å²) in [5, 5.41) is 1.70. The first-order valence-corrected chi connectivity index (χ1v) is 5.10. The quantitative estimate of drug-likeness (QED) is 0.749. The molecule has 0 aliphatic heterocycles. The molecule has 0 atom stereocenters. The maximum atomic E-state index is 13.2. The van der Waals surface area contributed by atoms with Gasteiger partial charge in [-0.15, -0.1) is 0 Å². The molecule has 0 saturated heterocycles. The van der Waals surface area contributed by atoms with Gasteiger partial charge < -0.3 is 4.98 Å². The van der Waals surface area contributed by atoms with Crippen molar-refractivity contribution >= 4 is 18.7 Å². The topological polar surface area (TPSA) is 15.8 Å². The van der Waals surface area contributed by atoms with Crippen molar-refractivity contribution < 1.29 is 4.39 Å². The number of aromatic nitrogens is 1. The van der Waals surface area contributed by atoms with Crippen LogP contribution in [0, 0.1) is 6.92 Å². The molecule has 0 bridgehead atoms. The summed E-state index contributed by atoms with van der Waals surface area (Å²) < 4.78 is 13.2. The molecular formula is C14H16FN. The van der Waals surface area contributed by atoms with Gasteiger partial charge in [0.05, 0.1) is 0 Å². The van der Waals surface area contributed by atoms with Crippen molar-refractivity contribution in [3.63, 3.8) is 0 Å². The Morgan fingerprint density at radius 3 is 2.69 bits per heavy atom. The number of hydrogen-bond donors (Lipinski definition) is 1. The van der Waals surface area contributed by atoms with E-state index >= 15 is 0 Å². The smallest absolute Gasteiger partial charge is 0.123 e. The SMILES string of the molecule is C=C/C(F)=C\c1c(C)[nH]c(=C)/c1=C\C=C/C. The van der Waals surface area contributed by atoms with Crippen molar-refractivity contribution in [1.82, 2.24) is 4.98 Å². The summed E-state index contributed by atoms with van der Waals surface area (Å²) in [5.41, 5.74) is 1.72. The van der Waals surface area contributed by atoms with Crippen LogP contribution in [0.1, 0.15) is 18.2 Å². The first kappa shape index (κ1) is 12.2. The average molecular weight is 217 g/mol. The number of halogens is 1. The van der Waals surface area contributed by atoms with Gasteiger partial charge in [-0.2, -0.15) is 0 Å². The molecular weight excluding hydrogens is 201 g/mol. The summed E-state index contributed by atoms with van der Waals surface area (Å²) in [6.07, 6.45) is 8.38. The van der Waals surface area contributed by atoms with Crippen LogP contribution in [0.4, 0.5) is 4.39 Å². The predicted octanol–water partition coefficient (Wildman–Crippen LogP) is 2.59. The minimum Gasteiger partial charge on any atom is -0.359 e. The molecule has 84 valence electrons. The third-order valence-electron chi connectivity index (χ3n) is 2.29. The normalized spacial score (nSPS) is 13.7. The molecule has 1 rings (SSSR count). The summed E-state index contributed by atoms with van der Waals surface area (Å²) in [4.78, 5) is 3.09. The molecule has 0 aromatic carbocycles. The minimum atomic E-state index is -0.350. The van der Waals surface area contributed by atoms with Gasteiger partial charge in [0.1, 0.15) is 5.83 Å². The molecule has 1 aromatic heterocycles. The van der Waals surface area contributed by atoms with Gasteiger partial charge >= 0.3 is 0 Å². The summed E-state index contributed by atoms with van der Waals surface area (Å²) in [6, 6.07) is 0. The van der Waals surface area contributed by atoms with Gasteiger partial charge in [-0.05, 0) is 26.0 Å². The standard InChI is InChI=1S/C14H16FN/c1-5-7-8-13-10(3)16-11(4)14(13)9-12(15)6-2/h5-9,16H,2-3H2,1,4H3/b7-5-,12-9+,13-8+. The molecule has 1 nitrogen and oxygen atoms in total. The lowest BCUT2D eigenvalue weighted by Crippen LogP contribution is -2.21. The third-order valence-corrected chi connectivity index (χ3v) is 2.29. The highest BCUT2D eigenvalue weighted by Gasteiger charge is 2.01. The molecule has 0 spiro atoms. The van der Waals surface area contributed by atoms with E-state index in [1.165, 1.54) is 12.2 Å². The van der Waals surface area contributed by atoms with Crippen molar-refractivity contribution in [2.24, 2.45) is 0 Å². The van der Waals surface area contributed by atoms with Gasteiger partial charge in [-0.1, -0.05) is 31.4 Å². The van der Waals surface area contributed by atoms with Crippen LogP contribution in [0.5, 0.6) is 0 Å². The number of aromatic amines is 1. The first-order chi connectivity index (χ1) is 7.60. The van der Waals surface area contributed by atoms with Crippen LogP contribution in [0.3, 0.4) is 0 Å². The summed E-state index contributed by atoms with van der Waals surface area (Å²) in [5.74, 6) is -0.350. The monoisotopic (exact) mass is 217 g/mol. The molecule has 1 heterocycles. The van der Waals surface area contributed by atoms with Crippen LogP contribution in [0.2, 0.25) is 0 Å². The van der Waals surface area contributed by atoms with Gasteiger partial charge in [0.25, 0.3) is 0 Å². The van der Waals surface area contributed by atoms with E-state index in [2.05, 4.69) is 18.1 Å². The fraction of sp³-hybridized carbons (Fsp3) is 0.143. The Morgan fingerprint density at radius 2 is 2.12 bits per heavy atom. The zero-order chi connectivity index (χ0) is 12.1. The van der Waals surface area contributed by atoms with Crippen LogP contribution >= 0.6 is 0 Å². The van der Waals surface area contributed by atoms with E-state index in [4.69, 9.17) is 0 Å². The van der Waals surface area contributed by atoms with E-state index in [9.17, 15) is 4.39 Å². The van der Waals surface area contributed by atoms with Crippen LogP contribution in [-0.4, -0.2) is 4.98 Å². The molecule has 16 heavy (non-hydrogen) atoms. The van der Waals surface area contributed by atoms with Crippen molar-refractivity contribution in [1.29, 1.82) is 0 Å². The second-order valence-electron chi connectivity index (χ2n) is 3.48. The van der Waals surface area contributed by atoms with E-state index in [-0.39, 0.29) is 5.83 Å². The number of allylic oxidation sites excluding steroid dienone is 4. The lowest BCUT2D eigenvalue weighted by molar-refractivity contribution is 0.675. The predicted molar refractivity (Wildman–Crippen MR) is 68.9 cm³/mol. The zero-order valence-corrected chi connectivity index (χ0v) is 9.68. The Kier molecular flexibility index (Phi) is 4.06. The average Bonchev–Trinajstić information content (AvgIpc) is 2.51. The summed E-state index contributed by atoms with van der Waals surface area (Å²) >= 11 is 0. The van der Waals surface area contributed by atoms with Crippen LogP contribution in [0.15, 0.2) is 30.6 Å². The van der Waals surface area contributed by atoms with E-state index in [0.29, 0.717) is 0 Å². The minimum absolute atomic E-state index is 0.350. The number of H-pyrrole nitrogens is 1. The Morgan fingerprint density at radius 1 is 1.44 bits per heavy atom. The molecule has 0 unspecified atom stereocenters. The van der Waals surface area contributed by atoms with E-state index in [0.717, 1.165) is 21.8 Å². The molecule has 1 aromatic rings. The van der Waals surface area contributed by atoms with Crippen molar-refractivity contribution in [3.8, 4) is 0 Å². The fourth-order valence-electron chi connectivity index (χ4n) is 1.49. The van der Waals surface area contributed by atoms with Gasteiger partial charge in [0, 0.05) is 21.8 Å². The summed E-state index contributed by atoms with van der Waals surface area (Å²) in [7, 11) is 0. The highest BCUT2D eigenvalue weighted by atomic mass is 19.1. The van der Waals surface area contributed by atoms with Crippen LogP contribution in [-0.2, 0) is 0 Å². The van der Waals surface area contributed by atoms with Crippen LogP contribution in [0.25, 0.3) is 18.7 Å². The largest absolute Gasteiger partial charge is 0.359 e. The number of aryl methyl sites for hydroxylation is 1. The molecule has 0 amide bonds. The highest BCUT2D eigenvalue weighted by Crippen LogP contribution is 2.06. The van der Waals surface area contributed by atoms with E-state index in [1.54, 1.807) is 0 Å². The van der Waals surface area contributed by atoms with Crippen molar-refractivity contribution in [3.05, 3.63) is 52.5 Å². The Bertz CT molecular complexity index is 544. The first-order valence-electron chi connectivity index (χ1n) is 5.10. The highest BCUT2D eigenvalue weighted by molar-refractivity contribution is 5.59. The lowest BCUT2D eigenvalue weighted by atomic mass is 10.1. The van der Waals surface area contributed by atoms with Gasteiger partial charge in [-0.25, -0.2) is 4.39 Å². The van der Waals surface area contributed by atoms with E-state index < -0.39 is 0 Å². The maximum Gasteiger partial charge on any atom is 0.123 e. The number of hydrogen-bond acceptors (Lipinski definition) is 0. The molecule has 0 aliphatic carbocycles. The fourth-order valence-corrected chi connectivity index (χ4v) is 1.49. The van der Waals surface area contributed by atoms with E-state index in [1.807, 2.05) is 32.1 Å². The van der Waals surface area contributed by atoms with Gasteiger partial charge in [0.15, 0.2) is 0 Å². The maximum absolute atomic E-state index is 13.2. The van der Waals surface area contributed by atoms with Crippen molar-refractivity contribution in [2.45, 2.75) is 13.8 Å². The molecule has 0 radical (unpaired) electrons. The lowest BCUT2D eigenvalue weighted by Gasteiger charge is -1.91. The van der Waals surface area contributed by atoms with Gasteiger partial charge in [-0.3, -0.25) is 0 Å². The third kappa shape index (κ3) is 2.60. The molecule has 0 saturated carbocycles. The number of nitrogens with one attached hydrogen (secondary N) is 1. The zero-order valence-electron chi connectivity index (χ0n) is 9.68. The summed E-state index contributed by atoms with van der Waals surface area (Å²) in [6.45, 7) is 11.1. The Hall–Kier alpha value is -1.83. The van der Waals surface area contributed by atoms with Crippen LogP contribution < -0.4 is 10.6 Å². The molecule has 0 aliphatic rings.